The quantitative estimate of drug-likeness (QED) is 0.603. The van der Waals surface area contributed by atoms with E-state index in [1.165, 1.54) is 0 Å². The molecule has 0 fully saturated rings. The number of halogens is 1. The van der Waals surface area contributed by atoms with Gasteiger partial charge < -0.3 is 14.5 Å². The molecule has 136 valence electrons. The van der Waals surface area contributed by atoms with E-state index < -0.39 is 0 Å². The van der Waals surface area contributed by atoms with Crippen LogP contribution in [0.3, 0.4) is 0 Å². The number of hydrogen-bond acceptors (Lipinski definition) is 3. The van der Waals surface area contributed by atoms with Crippen LogP contribution in [0.1, 0.15) is 27.6 Å². The number of amides is 1. The predicted molar refractivity (Wildman–Crippen MR) is 107 cm³/mol. The number of aromatic nitrogens is 4. The van der Waals surface area contributed by atoms with E-state index in [0.29, 0.717) is 23.3 Å². The summed E-state index contributed by atoms with van der Waals surface area (Å²) in [6.45, 7) is 4.45. The highest BCUT2D eigenvalue weighted by Gasteiger charge is 2.16. The molecule has 0 saturated heterocycles. The molecule has 0 aliphatic rings. The first-order valence-electron chi connectivity index (χ1n) is 8.22. The summed E-state index contributed by atoms with van der Waals surface area (Å²) in [5, 5.41) is 9.87. The molecule has 0 bridgehead atoms. The van der Waals surface area contributed by atoms with Gasteiger partial charge in [-0.25, -0.2) is 0 Å². The van der Waals surface area contributed by atoms with Gasteiger partial charge in [-0.2, -0.15) is 5.10 Å². The molecule has 0 saturated carbocycles. The van der Waals surface area contributed by atoms with Crippen molar-refractivity contribution < 1.29 is 4.79 Å². The minimum absolute atomic E-state index is 0.0869. The second-order valence-corrected chi connectivity index (χ2v) is 7.41. The van der Waals surface area contributed by atoms with Gasteiger partial charge in [0.2, 0.25) is 0 Å². The highest BCUT2D eigenvalue weighted by atomic mass is 79.9. The van der Waals surface area contributed by atoms with Crippen LogP contribution < -0.4 is 5.32 Å². The Balaban J connectivity index is 1.75. The fraction of sp³-hybridized carbons (Fsp3) is 0.278. The maximum absolute atomic E-state index is 12.6. The van der Waals surface area contributed by atoms with E-state index in [2.05, 4.69) is 36.0 Å². The number of aryl methyl sites for hydroxylation is 1. The number of benzene rings is 1. The van der Waals surface area contributed by atoms with E-state index in [9.17, 15) is 4.79 Å². The van der Waals surface area contributed by atoms with Crippen LogP contribution >= 0.6 is 28.1 Å². The highest BCUT2D eigenvalue weighted by molar-refractivity contribution is 9.10. The molecule has 2 heterocycles. The van der Waals surface area contributed by atoms with Crippen molar-refractivity contribution in [2.24, 2.45) is 7.05 Å². The Hall–Kier alpha value is -2.19. The molecule has 1 aromatic carbocycles. The van der Waals surface area contributed by atoms with Crippen LogP contribution in [-0.2, 0) is 13.5 Å². The summed E-state index contributed by atoms with van der Waals surface area (Å²) >= 11 is 8.59. The van der Waals surface area contributed by atoms with E-state index in [1.54, 1.807) is 4.57 Å². The first kappa shape index (κ1) is 18.6. The zero-order chi connectivity index (χ0) is 18.8. The van der Waals surface area contributed by atoms with Gasteiger partial charge in [-0.1, -0.05) is 22.0 Å². The Morgan fingerprint density at radius 3 is 2.77 bits per heavy atom. The average molecular weight is 434 g/mol. The predicted octanol–water partition coefficient (Wildman–Crippen LogP) is 3.62. The minimum atomic E-state index is -0.0869. The highest BCUT2D eigenvalue weighted by Crippen LogP contribution is 2.23. The van der Waals surface area contributed by atoms with Gasteiger partial charge in [0.05, 0.1) is 5.56 Å². The van der Waals surface area contributed by atoms with Crippen LogP contribution in [0, 0.1) is 18.6 Å². The molecule has 6 nitrogen and oxygen atoms in total. The lowest BCUT2D eigenvalue weighted by Gasteiger charge is -2.10. The number of aromatic amines is 1. The fourth-order valence-corrected chi connectivity index (χ4v) is 3.53. The zero-order valence-corrected chi connectivity index (χ0v) is 17.2. The Labute approximate surface area is 165 Å². The van der Waals surface area contributed by atoms with Gasteiger partial charge in [0, 0.05) is 41.6 Å². The number of carbonyl (C=O) groups excluding carboxylic acids is 1. The maximum Gasteiger partial charge on any atom is 0.253 e. The normalized spacial score (nSPS) is 10.9. The average Bonchev–Trinajstić information content (AvgIpc) is 3.07. The second kappa shape index (κ2) is 7.59. The smallest absolute Gasteiger partial charge is 0.253 e. The molecule has 0 unspecified atom stereocenters. The third-order valence-corrected chi connectivity index (χ3v) is 5.21. The lowest BCUT2D eigenvalue weighted by molar-refractivity contribution is 0.0953. The van der Waals surface area contributed by atoms with Gasteiger partial charge in [0.1, 0.15) is 5.82 Å². The monoisotopic (exact) mass is 433 g/mol. The largest absolute Gasteiger partial charge is 0.352 e. The first-order valence-corrected chi connectivity index (χ1v) is 9.42. The van der Waals surface area contributed by atoms with Gasteiger partial charge in [0.25, 0.3) is 5.91 Å². The number of nitrogens with zero attached hydrogens (tertiary/aromatic N) is 3. The van der Waals surface area contributed by atoms with Gasteiger partial charge in [-0.05, 0) is 50.3 Å². The molecule has 8 heteroatoms. The summed E-state index contributed by atoms with van der Waals surface area (Å²) in [4.78, 5) is 12.6. The molecule has 0 aliphatic carbocycles. The Bertz CT molecular complexity index is 1020. The van der Waals surface area contributed by atoms with E-state index in [4.69, 9.17) is 12.2 Å². The second-order valence-electron chi connectivity index (χ2n) is 6.11. The third-order valence-electron chi connectivity index (χ3n) is 4.35. The number of rotatable bonds is 5. The summed E-state index contributed by atoms with van der Waals surface area (Å²) in [6, 6.07) is 9.94. The van der Waals surface area contributed by atoms with E-state index in [1.807, 2.05) is 51.2 Å². The van der Waals surface area contributed by atoms with Gasteiger partial charge in [0.15, 0.2) is 4.77 Å². The van der Waals surface area contributed by atoms with Crippen LogP contribution in [0.15, 0.2) is 34.8 Å². The molecule has 3 aromatic rings. The van der Waals surface area contributed by atoms with Crippen LogP contribution in [0.5, 0.6) is 0 Å². The summed E-state index contributed by atoms with van der Waals surface area (Å²) in [6.07, 6.45) is 0.611. The van der Waals surface area contributed by atoms with Crippen LogP contribution in [0.2, 0.25) is 0 Å². The molecule has 0 spiro atoms. The zero-order valence-electron chi connectivity index (χ0n) is 14.8. The van der Waals surface area contributed by atoms with Crippen molar-refractivity contribution in [1.82, 2.24) is 24.6 Å². The maximum atomic E-state index is 12.6. The topological polar surface area (TPSA) is 67.6 Å². The van der Waals surface area contributed by atoms with Crippen LogP contribution in [0.25, 0.3) is 5.69 Å². The Morgan fingerprint density at radius 2 is 2.12 bits per heavy atom. The van der Waals surface area contributed by atoms with E-state index >= 15 is 0 Å². The first-order chi connectivity index (χ1) is 12.4. The van der Waals surface area contributed by atoms with E-state index in [0.717, 1.165) is 27.4 Å². The summed E-state index contributed by atoms with van der Waals surface area (Å²) < 4.78 is 5.46. The van der Waals surface area contributed by atoms with Crippen molar-refractivity contribution in [2.45, 2.75) is 20.3 Å². The SMILES string of the molecule is Cc1cc(C(=O)NCCc2n[nH]c(=S)n2C)c(C)n1-c1cccc(Br)c1. The lowest BCUT2D eigenvalue weighted by atomic mass is 10.2. The fourth-order valence-electron chi connectivity index (χ4n) is 2.99. The lowest BCUT2D eigenvalue weighted by Crippen LogP contribution is -2.26. The molecule has 26 heavy (non-hydrogen) atoms. The molecule has 0 radical (unpaired) electrons. The Kier molecular flexibility index (Phi) is 5.43. The van der Waals surface area contributed by atoms with Crippen molar-refractivity contribution in [3.8, 4) is 5.69 Å². The molecular formula is C18H20BrN5OS. The summed E-state index contributed by atoms with van der Waals surface area (Å²) in [7, 11) is 1.86. The molecule has 3 rings (SSSR count). The molecule has 0 atom stereocenters. The van der Waals surface area contributed by atoms with Crippen molar-refractivity contribution in [2.75, 3.05) is 6.54 Å². The molecular weight excluding hydrogens is 414 g/mol. The van der Waals surface area contributed by atoms with Crippen molar-refractivity contribution in [1.29, 1.82) is 0 Å². The summed E-state index contributed by atoms with van der Waals surface area (Å²) in [5.74, 6) is 0.728. The number of hydrogen-bond donors (Lipinski definition) is 2. The van der Waals surface area contributed by atoms with Crippen molar-refractivity contribution >= 4 is 34.1 Å². The van der Waals surface area contributed by atoms with Gasteiger partial charge in [-0.15, -0.1) is 0 Å². The molecule has 2 aromatic heterocycles. The molecule has 2 N–H and O–H groups in total. The van der Waals surface area contributed by atoms with Crippen molar-refractivity contribution in [3.63, 3.8) is 0 Å². The van der Waals surface area contributed by atoms with E-state index in [-0.39, 0.29) is 5.91 Å². The van der Waals surface area contributed by atoms with Crippen LogP contribution in [0.4, 0.5) is 0 Å². The standard InChI is InChI=1S/C18H20BrN5OS/c1-11-9-15(12(2)24(11)14-6-4-5-13(19)10-14)17(25)20-8-7-16-21-22-18(26)23(16)3/h4-6,9-10H,7-8H2,1-3H3,(H,20,25)(H,22,26). The van der Waals surface area contributed by atoms with Crippen molar-refractivity contribution in [3.05, 3.63) is 62.4 Å². The van der Waals surface area contributed by atoms with Gasteiger partial charge in [-0.3, -0.25) is 9.89 Å². The molecule has 1 amide bonds. The molecule has 0 aliphatic heterocycles. The number of nitrogens with one attached hydrogen (secondary N) is 2. The number of carbonyl (C=O) groups is 1. The Morgan fingerprint density at radius 1 is 1.35 bits per heavy atom. The van der Waals surface area contributed by atoms with Crippen LogP contribution in [-0.4, -0.2) is 31.8 Å². The number of H-pyrrole nitrogens is 1. The minimum Gasteiger partial charge on any atom is -0.352 e. The summed E-state index contributed by atoms with van der Waals surface area (Å²) in [5.41, 5.74) is 3.63. The van der Waals surface area contributed by atoms with Gasteiger partial charge >= 0.3 is 0 Å². The third kappa shape index (κ3) is 3.66.